The van der Waals surface area contributed by atoms with Crippen molar-refractivity contribution in [3.63, 3.8) is 0 Å². The highest BCUT2D eigenvalue weighted by Gasteiger charge is 2.39. The van der Waals surface area contributed by atoms with Crippen LogP contribution in [0.25, 0.3) is 6.08 Å². The molecule has 3 aromatic carbocycles. The number of ketones is 1. The third kappa shape index (κ3) is 3.12. The first-order valence-corrected chi connectivity index (χ1v) is 10.5. The Bertz CT molecular complexity index is 1350. The summed E-state index contributed by atoms with van der Waals surface area (Å²) in [5.41, 5.74) is 2.67. The molecule has 3 aliphatic heterocycles. The molecule has 3 aliphatic rings. The van der Waals surface area contributed by atoms with Gasteiger partial charge in [-0.2, -0.15) is 0 Å². The molecule has 0 bridgehead atoms. The summed E-state index contributed by atoms with van der Waals surface area (Å²) in [5, 5.41) is 0. The van der Waals surface area contributed by atoms with Crippen molar-refractivity contribution in [1.29, 1.82) is 0 Å². The van der Waals surface area contributed by atoms with E-state index in [0.717, 1.165) is 11.1 Å². The lowest BCUT2D eigenvalue weighted by Gasteiger charge is -2.26. The number of carbonyl (C=O) groups excluding carboxylic acids is 2. The van der Waals surface area contributed by atoms with Gasteiger partial charge < -0.3 is 23.7 Å². The fourth-order valence-electron chi connectivity index (χ4n) is 4.45. The van der Waals surface area contributed by atoms with Gasteiger partial charge in [-0.15, -0.1) is 0 Å². The van der Waals surface area contributed by atoms with Crippen LogP contribution in [-0.2, 0) is 4.79 Å². The third-order valence-electron chi connectivity index (χ3n) is 6.00. The number of para-hydroxylation sites is 1. The third-order valence-corrected chi connectivity index (χ3v) is 6.00. The Kier molecular flexibility index (Phi) is 4.36. The minimum Gasteiger partial charge on any atom is -0.496 e. The number of esters is 1. The number of allylic oxidation sites excluding steroid dienone is 1. The molecular formula is C26H18O7. The Labute approximate surface area is 189 Å². The predicted octanol–water partition coefficient (Wildman–Crippen LogP) is 4.48. The lowest BCUT2D eigenvalue weighted by atomic mass is 9.84. The molecule has 0 spiro atoms. The van der Waals surface area contributed by atoms with Gasteiger partial charge in [0.05, 0.1) is 19.1 Å². The summed E-state index contributed by atoms with van der Waals surface area (Å²) in [4.78, 5) is 25.5. The molecule has 0 aromatic heterocycles. The number of methoxy groups -OCH3 is 1. The number of ether oxygens (including phenoxy) is 5. The number of hydrogen-bond donors (Lipinski definition) is 0. The maximum Gasteiger partial charge on any atom is 0.312 e. The molecule has 3 heterocycles. The molecule has 0 saturated carbocycles. The highest BCUT2D eigenvalue weighted by molar-refractivity contribution is 6.15. The van der Waals surface area contributed by atoms with Gasteiger partial charge in [0, 0.05) is 17.0 Å². The summed E-state index contributed by atoms with van der Waals surface area (Å²) in [6, 6.07) is 16.2. The summed E-state index contributed by atoms with van der Waals surface area (Å²) >= 11 is 0. The van der Waals surface area contributed by atoms with Crippen molar-refractivity contribution in [1.82, 2.24) is 0 Å². The van der Waals surface area contributed by atoms with E-state index in [-0.39, 0.29) is 36.6 Å². The van der Waals surface area contributed by atoms with E-state index in [1.807, 2.05) is 42.5 Å². The van der Waals surface area contributed by atoms with Gasteiger partial charge in [-0.1, -0.05) is 24.3 Å². The predicted molar refractivity (Wildman–Crippen MR) is 117 cm³/mol. The largest absolute Gasteiger partial charge is 0.496 e. The number of benzene rings is 3. The first-order chi connectivity index (χ1) is 16.1. The van der Waals surface area contributed by atoms with Crippen LogP contribution >= 0.6 is 0 Å². The fraction of sp³-hybridized carbons (Fsp3) is 0.154. The van der Waals surface area contributed by atoms with Crippen LogP contribution < -0.4 is 23.7 Å². The van der Waals surface area contributed by atoms with Crippen molar-refractivity contribution in [2.45, 2.75) is 12.3 Å². The second kappa shape index (κ2) is 7.41. The van der Waals surface area contributed by atoms with Crippen molar-refractivity contribution in [3.8, 4) is 28.7 Å². The molecule has 0 radical (unpaired) electrons. The van der Waals surface area contributed by atoms with Crippen LogP contribution in [0.15, 0.2) is 60.4 Å². The van der Waals surface area contributed by atoms with E-state index < -0.39 is 0 Å². The maximum absolute atomic E-state index is 13.2. The Hall–Kier alpha value is -4.26. The molecule has 0 aliphatic carbocycles. The van der Waals surface area contributed by atoms with Crippen LogP contribution in [0, 0.1) is 0 Å². The van der Waals surface area contributed by atoms with Gasteiger partial charge in [-0.05, 0) is 42.0 Å². The van der Waals surface area contributed by atoms with E-state index in [4.69, 9.17) is 23.7 Å². The van der Waals surface area contributed by atoms with Crippen molar-refractivity contribution in [3.05, 3.63) is 82.6 Å². The average molecular weight is 442 g/mol. The summed E-state index contributed by atoms with van der Waals surface area (Å²) in [6.45, 7) is 0.159. The fourth-order valence-corrected chi connectivity index (χ4v) is 4.45. The molecule has 0 unspecified atom stereocenters. The average Bonchev–Trinajstić information content (AvgIpc) is 3.42. The van der Waals surface area contributed by atoms with E-state index in [0.29, 0.717) is 39.9 Å². The smallest absolute Gasteiger partial charge is 0.312 e. The van der Waals surface area contributed by atoms with Crippen molar-refractivity contribution in [2.75, 3.05) is 13.9 Å². The van der Waals surface area contributed by atoms with Gasteiger partial charge >= 0.3 is 5.97 Å². The highest BCUT2D eigenvalue weighted by atomic mass is 16.7. The van der Waals surface area contributed by atoms with Gasteiger partial charge in [0.25, 0.3) is 0 Å². The van der Waals surface area contributed by atoms with Crippen LogP contribution in [-0.4, -0.2) is 25.7 Å². The van der Waals surface area contributed by atoms with Gasteiger partial charge in [-0.3, -0.25) is 9.59 Å². The van der Waals surface area contributed by atoms with Crippen molar-refractivity contribution >= 4 is 17.8 Å². The Morgan fingerprint density at radius 3 is 2.64 bits per heavy atom. The second-order valence-electron chi connectivity index (χ2n) is 7.88. The molecule has 7 heteroatoms. The first-order valence-electron chi connectivity index (χ1n) is 10.5. The first kappa shape index (κ1) is 19.4. The van der Waals surface area contributed by atoms with Crippen molar-refractivity contribution in [2.24, 2.45) is 0 Å². The molecule has 33 heavy (non-hydrogen) atoms. The molecule has 0 N–H and O–H groups in total. The summed E-state index contributed by atoms with van der Waals surface area (Å²) in [6.07, 6.45) is 1.78. The zero-order valence-electron chi connectivity index (χ0n) is 17.6. The van der Waals surface area contributed by atoms with E-state index in [1.54, 1.807) is 25.3 Å². The van der Waals surface area contributed by atoms with Gasteiger partial charge in [0.15, 0.2) is 17.3 Å². The summed E-state index contributed by atoms with van der Waals surface area (Å²) in [7, 11) is 1.57. The normalized spacial score (nSPS) is 19.1. The maximum atomic E-state index is 13.2. The van der Waals surface area contributed by atoms with Crippen LogP contribution in [0.4, 0.5) is 0 Å². The molecule has 7 nitrogen and oxygen atoms in total. The lowest BCUT2D eigenvalue weighted by Crippen LogP contribution is -2.21. The van der Waals surface area contributed by atoms with Crippen molar-refractivity contribution < 1.29 is 33.3 Å². The van der Waals surface area contributed by atoms with Crippen LogP contribution in [0.5, 0.6) is 28.7 Å². The number of hydrogen-bond acceptors (Lipinski definition) is 7. The minimum atomic E-state index is -0.357. The van der Waals surface area contributed by atoms with Gasteiger partial charge in [-0.25, -0.2) is 0 Å². The minimum absolute atomic E-state index is 0.117. The molecule has 6 rings (SSSR count). The van der Waals surface area contributed by atoms with E-state index in [9.17, 15) is 9.59 Å². The Balaban J connectivity index is 1.45. The topological polar surface area (TPSA) is 80.3 Å². The number of Topliss-reactive ketones (excluding diaryl/α,β-unsaturated/α-hetero) is 1. The van der Waals surface area contributed by atoms with E-state index >= 15 is 0 Å². The molecule has 164 valence electrons. The molecular weight excluding hydrogens is 424 g/mol. The monoisotopic (exact) mass is 442 g/mol. The molecule has 0 fully saturated rings. The van der Waals surface area contributed by atoms with E-state index in [1.165, 1.54) is 0 Å². The standard InChI is InChI=1S/C26H18O7/c1-29-18-5-3-2-4-15(18)11-22-25(28)16-7-9-20-24(26(16)33-22)17(12-23(27)32-20)14-6-8-19-21(10-14)31-13-30-19/h2-11,17H,12-13H2,1H3/b22-11-/t17-/m0/s1. The van der Waals surface area contributed by atoms with Crippen LogP contribution in [0.3, 0.4) is 0 Å². The van der Waals surface area contributed by atoms with Crippen LogP contribution in [0.2, 0.25) is 0 Å². The van der Waals surface area contributed by atoms with E-state index in [2.05, 4.69) is 0 Å². The second-order valence-corrected chi connectivity index (χ2v) is 7.88. The Morgan fingerprint density at radius 1 is 0.939 bits per heavy atom. The van der Waals surface area contributed by atoms with Gasteiger partial charge in [0.2, 0.25) is 12.6 Å². The molecule has 3 aromatic rings. The summed E-state index contributed by atoms with van der Waals surface area (Å²) in [5.74, 6) is 1.95. The zero-order chi connectivity index (χ0) is 22.5. The number of rotatable bonds is 3. The molecule has 0 amide bonds. The Morgan fingerprint density at radius 2 is 1.76 bits per heavy atom. The number of fused-ring (bicyclic) bond motifs is 4. The molecule has 0 saturated heterocycles. The lowest BCUT2D eigenvalue weighted by molar-refractivity contribution is -0.135. The number of carbonyl (C=O) groups is 2. The quantitative estimate of drug-likeness (QED) is 0.336. The summed E-state index contributed by atoms with van der Waals surface area (Å²) < 4.78 is 27.9. The van der Waals surface area contributed by atoms with Gasteiger partial charge in [0.1, 0.15) is 17.2 Å². The zero-order valence-corrected chi connectivity index (χ0v) is 17.6. The SMILES string of the molecule is COc1ccccc1/C=C1\Oc2c(ccc3c2[C@H](c2ccc4c(c2)OCO4)CC(=O)O3)C1=O. The molecule has 1 atom stereocenters. The van der Waals surface area contributed by atoms with Crippen LogP contribution in [0.1, 0.15) is 39.4 Å². The highest BCUT2D eigenvalue weighted by Crippen LogP contribution is 2.50.